The molecule has 172 valence electrons. The maximum Gasteiger partial charge on any atom is 0.270 e. The van der Waals surface area contributed by atoms with Crippen LogP contribution in [0.15, 0.2) is 84.0 Å². The second-order valence-electron chi connectivity index (χ2n) is 7.25. The molecule has 4 aromatic rings. The molecule has 1 aromatic heterocycles. The smallest absolute Gasteiger partial charge is 0.270 e. The second-order valence-corrected chi connectivity index (χ2v) is 8.19. The van der Waals surface area contributed by atoms with E-state index in [1.54, 1.807) is 17.6 Å². The van der Waals surface area contributed by atoms with Crippen molar-refractivity contribution in [3.05, 3.63) is 106 Å². The van der Waals surface area contributed by atoms with Gasteiger partial charge in [0.1, 0.15) is 11.6 Å². The van der Waals surface area contributed by atoms with Crippen LogP contribution in [0, 0.1) is 15.9 Å². The molecule has 10 heteroatoms. The summed E-state index contributed by atoms with van der Waals surface area (Å²) in [6.07, 6.45) is -0.528. The van der Waals surface area contributed by atoms with Crippen molar-refractivity contribution >= 4 is 23.2 Å². The number of aromatic nitrogens is 3. The number of Topliss-reactive ketones (excluding diaryl/α,β-unsaturated/α-hetero) is 1. The SMILES string of the molecule is CC(Oc1ccc(F)cc1)c1nnc(SCC(=O)c2cccc([N+](=O)[O-])c2)n1-c1ccccc1. The quantitative estimate of drug-likeness (QED) is 0.137. The first-order valence-electron chi connectivity index (χ1n) is 10.3. The van der Waals surface area contributed by atoms with E-state index in [0.717, 1.165) is 5.69 Å². The molecule has 34 heavy (non-hydrogen) atoms. The number of hydrogen-bond donors (Lipinski definition) is 0. The number of nitrogens with zero attached hydrogens (tertiary/aromatic N) is 4. The standard InChI is InChI=1S/C24H19FN4O4S/c1-16(33-21-12-10-18(25)11-13-21)23-26-27-24(28(23)19-7-3-2-4-8-19)34-15-22(30)17-6-5-9-20(14-17)29(31)32/h2-14,16H,15H2,1H3. The molecule has 8 nitrogen and oxygen atoms in total. The molecule has 0 saturated carbocycles. The molecule has 0 radical (unpaired) electrons. The van der Waals surface area contributed by atoms with Gasteiger partial charge in [-0.3, -0.25) is 19.5 Å². The number of thioether (sulfide) groups is 1. The maximum atomic E-state index is 13.2. The molecule has 0 spiro atoms. The number of carbonyl (C=O) groups excluding carboxylic acids is 1. The van der Waals surface area contributed by atoms with Gasteiger partial charge in [0.15, 0.2) is 22.9 Å². The first kappa shape index (κ1) is 23.1. The van der Waals surface area contributed by atoms with Crippen molar-refractivity contribution in [1.82, 2.24) is 14.8 Å². The predicted molar refractivity (Wildman–Crippen MR) is 125 cm³/mol. The van der Waals surface area contributed by atoms with E-state index in [1.165, 1.54) is 54.2 Å². The lowest BCUT2D eigenvalue weighted by Crippen LogP contribution is -2.12. The lowest BCUT2D eigenvalue weighted by atomic mass is 10.1. The summed E-state index contributed by atoms with van der Waals surface area (Å²) in [6, 6.07) is 20.7. The molecular formula is C24H19FN4O4S. The summed E-state index contributed by atoms with van der Waals surface area (Å²) >= 11 is 1.17. The van der Waals surface area contributed by atoms with Crippen LogP contribution in [-0.2, 0) is 0 Å². The Kier molecular flexibility index (Phi) is 6.98. The van der Waals surface area contributed by atoms with Crippen molar-refractivity contribution in [2.24, 2.45) is 0 Å². The Morgan fingerprint density at radius 1 is 1.09 bits per heavy atom. The number of benzene rings is 3. The third-order valence-electron chi connectivity index (χ3n) is 4.87. The molecule has 0 aliphatic carbocycles. The van der Waals surface area contributed by atoms with Gasteiger partial charge >= 0.3 is 0 Å². The molecule has 1 unspecified atom stereocenters. The Labute approximate surface area is 198 Å². The van der Waals surface area contributed by atoms with E-state index in [0.29, 0.717) is 16.7 Å². The van der Waals surface area contributed by atoms with Crippen molar-refractivity contribution in [3.8, 4) is 11.4 Å². The highest BCUT2D eigenvalue weighted by Gasteiger charge is 2.22. The molecule has 0 saturated heterocycles. The second kappa shape index (κ2) is 10.3. The highest BCUT2D eigenvalue weighted by atomic mass is 32.2. The number of nitro benzene ring substituents is 1. The van der Waals surface area contributed by atoms with Crippen LogP contribution in [0.2, 0.25) is 0 Å². The zero-order valence-corrected chi connectivity index (χ0v) is 18.8. The van der Waals surface area contributed by atoms with Gasteiger partial charge in [-0.15, -0.1) is 10.2 Å². The van der Waals surface area contributed by atoms with Crippen LogP contribution in [0.5, 0.6) is 5.75 Å². The topological polar surface area (TPSA) is 100 Å². The lowest BCUT2D eigenvalue weighted by Gasteiger charge is -2.16. The van der Waals surface area contributed by atoms with Gasteiger partial charge < -0.3 is 4.74 Å². The highest BCUT2D eigenvalue weighted by Crippen LogP contribution is 2.28. The number of hydrogen-bond acceptors (Lipinski definition) is 7. The van der Waals surface area contributed by atoms with Crippen molar-refractivity contribution in [2.75, 3.05) is 5.75 Å². The monoisotopic (exact) mass is 478 g/mol. The molecule has 3 aromatic carbocycles. The fourth-order valence-electron chi connectivity index (χ4n) is 3.23. The number of carbonyl (C=O) groups is 1. The molecule has 0 amide bonds. The van der Waals surface area contributed by atoms with Crippen molar-refractivity contribution in [1.29, 1.82) is 0 Å². The normalized spacial score (nSPS) is 11.7. The minimum Gasteiger partial charge on any atom is -0.483 e. The summed E-state index contributed by atoms with van der Waals surface area (Å²) in [6.45, 7) is 1.80. The van der Waals surface area contributed by atoms with Crippen LogP contribution in [-0.4, -0.2) is 31.2 Å². The van der Waals surface area contributed by atoms with Crippen molar-refractivity contribution < 1.29 is 18.8 Å². The number of rotatable bonds is 9. The molecule has 1 heterocycles. The van der Waals surface area contributed by atoms with E-state index in [-0.39, 0.29) is 28.6 Å². The predicted octanol–water partition coefficient (Wildman–Crippen LogP) is 5.43. The van der Waals surface area contributed by atoms with E-state index in [4.69, 9.17) is 4.74 Å². The van der Waals surface area contributed by atoms with E-state index in [1.807, 2.05) is 30.3 Å². The average molecular weight is 479 g/mol. The molecule has 0 aliphatic heterocycles. The van der Waals surface area contributed by atoms with Gasteiger partial charge in [0.05, 0.1) is 10.7 Å². The van der Waals surface area contributed by atoms with E-state index in [2.05, 4.69) is 10.2 Å². The van der Waals surface area contributed by atoms with Crippen LogP contribution in [0.3, 0.4) is 0 Å². The zero-order valence-electron chi connectivity index (χ0n) is 18.0. The van der Waals surface area contributed by atoms with E-state index in [9.17, 15) is 19.3 Å². The number of nitro groups is 1. The molecule has 0 N–H and O–H groups in total. The molecule has 0 fully saturated rings. The fourth-order valence-corrected chi connectivity index (χ4v) is 4.09. The van der Waals surface area contributed by atoms with Gasteiger partial charge in [0.25, 0.3) is 5.69 Å². The highest BCUT2D eigenvalue weighted by molar-refractivity contribution is 7.99. The van der Waals surface area contributed by atoms with Crippen molar-refractivity contribution in [3.63, 3.8) is 0 Å². The number of ketones is 1. The largest absolute Gasteiger partial charge is 0.483 e. The van der Waals surface area contributed by atoms with Crippen molar-refractivity contribution in [2.45, 2.75) is 18.2 Å². The molecule has 4 rings (SSSR count). The van der Waals surface area contributed by atoms with E-state index >= 15 is 0 Å². The van der Waals surface area contributed by atoms with E-state index < -0.39 is 11.0 Å². The molecule has 0 bridgehead atoms. The summed E-state index contributed by atoms with van der Waals surface area (Å²) in [4.78, 5) is 23.2. The fraction of sp³-hybridized carbons (Fsp3) is 0.125. The van der Waals surface area contributed by atoms with Gasteiger partial charge in [0, 0.05) is 23.4 Å². The minimum atomic E-state index is -0.537. The van der Waals surface area contributed by atoms with Crippen LogP contribution >= 0.6 is 11.8 Å². The summed E-state index contributed by atoms with van der Waals surface area (Å²) in [5, 5.41) is 20.0. The van der Waals surface area contributed by atoms with Gasteiger partial charge in [-0.2, -0.15) is 0 Å². The number of para-hydroxylation sites is 1. The molecule has 1 atom stereocenters. The van der Waals surface area contributed by atoms with Crippen LogP contribution in [0.1, 0.15) is 29.2 Å². The Bertz CT molecular complexity index is 1310. The molecular weight excluding hydrogens is 459 g/mol. The average Bonchev–Trinajstić information content (AvgIpc) is 3.28. The Hall–Kier alpha value is -4.05. The minimum absolute atomic E-state index is 0.0132. The summed E-state index contributed by atoms with van der Waals surface area (Å²) < 4.78 is 20.9. The Balaban J connectivity index is 1.58. The Morgan fingerprint density at radius 3 is 2.53 bits per heavy atom. The summed E-state index contributed by atoms with van der Waals surface area (Å²) in [5.41, 5.74) is 0.889. The summed E-state index contributed by atoms with van der Waals surface area (Å²) in [5.74, 6) is 0.361. The maximum absolute atomic E-state index is 13.2. The Morgan fingerprint density at radius 2 is 1.82 bits per heavy atom. The van der Waals surface area contributed by atoms with Gasteiger partial charge in [-0.05, 0) is 43.3 Å². The molecule has 0 aliphatic rings. The summed E-state index contributed by atoms with van der Waals surface area (Å²) in [7, 11) is 0. The number of non-ortho nitro benzene ring substituents is 1. The van der Waals surface area contributed by atoms with Crippen LogP contribution in [0.25, 0.3) is 5.69 Å². The van der Waals surface area contributed by atoms with Gasteiger partial charge in [-0.25, -0.2) is 4.39 Å². The zero-order chi connectivity index (χ0) is 24.1. The third kappa shape index (κ3) is 5.29. The van der Waals surface area contributed by atoms with Crippen LogP contribution in [0.4, 0.5) is 10.1 Å². The van der Waals surface area contributed by atoms with Gasteiger partial charge in [-0.1, -0.05) is 42.1 Å². The number of ether oxygens (including phenoxy) is 1. The first-order valence-corrected chi connectivity index (χ1v) is 11.2. The number of halogens is 1. The van der Waals surface area contributed by atoms with Crippen LogP contribution < -0.4 is 4.74 Å². The lowest BCUT2D eigenvalue weighted by molar-refractivity contribution is -0.384. The van der Waals surface area contributed by atoms with Gasteiger partial charge in [0.2, 0.25) is 0 Å². The first-order chi connectivity index (χ1) is 16.4. The third-order valence-corrected chi connectivity index (χ3v) is 5.80.